The molecule has 0 radical (unpaired) electrons. The molecule has 4 heteroatoms. The lowest BCUT2D eigenvalue weighted by Gasteiger charge is -2.15. The molecule has 0 aliphatic carbocycles. The Hall–Kier alpha value is -1.55. The molecule has 0 saturated heterocycles. The van der Waals surface area contributed by atoms with Gasteiger partial charge in [-0.3, -0.25) is 4.79 Å². The van der Waals surface area contributed by atoms with Gasteiger partial charge in [-0.25, -0.2) is 0 Å². The van der Waals surface area contributed by atoms with E-state index in [-0.39, 0.29) is 24.5 Å². The third-order valence-electron chi connectivity index (χ3n) is 2.73. The van der Waals surface area contributed by atoms with Crippen molar-refractivity contribution in [1.29, 1.82) is 0 Å². The number of hydrogen-bond donors (Lipinski definition) is 2. The Morgan fingerprint density at radius 1 is 1.21 bits per heavy atom. The van der Waals surface area contributed by atoms with Crippen molar-refractivity contribution in [3.8, 4) is 5.75 Å². The third kappa shape index (κ3) is 5.30. The molecule has 0 bridgehead atoms. The van der Waals surface area contributed by atoms with Gasteiger partial charge in [-0.2, -0.15) is 0 Å². The number of carbonyl (C=O) groups is 1. The fourth-order valence-corrected chi connectivity index (χ4v) is 1.49. The van der Waals surface area contributed by atoms with Crippen molar-refractivity contribution < 1.29 is 14.6 Å². The number of aliphatic hydroxyl groups is 1. The maximum Gasteiger partial charge on any atom is 0.251 e. The summed E-state index contributed by atoms with van der Waals surface area (Å²) in [6.07, 6.45) is -0.409. The maximum absolute atomic E-state index is 11.8. The van der Waals surface area contributed by atoms with Crippen molar-refractivity contribution in [3.05, 3.63) is 29.8 Å². The normalized spacial score (nSPS) is 12.6. The summed E-state index contributed by atoms with van der Waals surface area (Å²) in [6.45, 7) is 7.99. The lowest BCUT2D eigenvalue weighted by Crippen LogP contribution is -2.34. The monoisotopic (exact) mass is 265 g/mol. The van der Waals surface area contributed by atoms with Gasteiger partial charge in [-0.05, 0) is 44.0 Å². The van der Waals surface area contributed by atoms with Crippen LogP contribution in [0.5, 0.6) is 5.75 Å². The van der Waals surface area contributed by atoms with E-state index in [0.29, 0.717) is 5.56 Å². The van der Waals surface area contributed by atoms with Crippen LogP contribution < -0.4 is 10.1 Å². The van der Waals surface area contributed by atoms with Gasteiger partial charge in [0.25, 0.3) is 5.91 Å². The van der Waals surface area contributed by atoms with Gasteiger partial charge in [0.2, 0.25) is 0 Å². The molecule has 19 heavy (non-hydrogen) atoms. The van der Waals surface area contributed by atoms with Crippen LogP contribution in [0.1, 0.15) is 38.1 Å². The van der Waals surface area contributed by atoms with Gasteiger partial charge in [-0.15, -0.1) is 0 Å². The lowest BCUT2D eigenvalue weighted by molar-refractivity contribution is 0.0871. The van der Waals surface area contributed by atoms with E-state index in [4.69, 9.17) is 4.74 Å². The standard InChI is InChI=1S/C15H23NO3/c1-10(2)14(17)9-16-15(18)12-5-7-13(8-6-12)19-11(3)4/h5-8,10-11,14,17H,9H2,1-4H3,(H,16,18). The topological polar surface area (TPSA) is 58.6 Å². The maximum atomic E-state index is 11.8. The zero-order valence-corrected chi connectivity index (χ0v) is 12.0. The summed E-state index contributed by atoms with van der Waals surface area (Å²) in [6, 6.07) is 6.98. The van der Waals surface area contributed by atoms with Crippen molar-refractivity contribution in [1.82, 2.24) is 5.32 Å². The van der Waals surface area contributed by atoms with E-state index >= 15 is 0 Å². The van der Waals surface area contributed by atoms with Crippen molar-refractivity contribution in [2.45, 2.75) is 39.9 Å². The number of benzene rings is 1. The van der Waals surface area contributed by atoms with E-state index in [9.17, 15) is 9.90 Å². The number of carbonyl (C=O) groups excluding carboxylic acids is 1. The van der Waals surface area contributed by atoms with E-state index in [1.54, 1.807) is 24.3 Å². The molecule has 1 atom stereocenters. The Bertz CT molecular complexity index is 398. The van der Waals surface area contributed by atoms with Gasteiger partial charge >= 0.3 is 0 Å². The Morgan fingerprint density at radius 2 is 1.79 bits per heavy atom. The van der Waals surface area contributed by atoms with Crippen molar-refractivity contribution in [2.75, 3.05) is 6.54 Å². The number of rotatable bonds is 6. The summed E-state index contributed by atoms with van der Waals surface area (Å²) in [4.78, 5) is 11.8. The zero-order valence-electron chi connectivity index (χ0n) is 12.0. The molecule has 1 unspecified atom stereocenters. The summed E-state index contributed by atoms with van der Waals surface area (Å²) in [5, 5.41) is 12.3. The van der Waals surface area contributed by atoms with E-state index in [1.807, 2.05) is 27.7 Å². The van der Waals surface area contributed by atoms with Crippen LogP contribution in [0.25, 0.3) is 0 Å². The highest BCUT2D eigenvalue weighted by Gasteiger charge is 2.12. The summed E-state index contributed by atoms with van der Waals surface area (Å²) < 4.78 is 5.51. The number of aliphatic hydroxyl groups excluding tert-OH is 1. The molecule has 4 nitrogen and oxygen atoms in total. The Morgan fingerprint density at radius 3 is 2.26 bits per heavy atom. The fraction of sp³-hybridized carbons (Fsp3) is 0.533. The lowest BCUT2D eigenvalue weighted by atomic mass is 10.1. The first-order chi connectivity index (χ1) is 8.90. The van der Waals surface area contributed by atoms with E-state index in [2.05, 4.69) is 5.32 Å². The molecule has 0 saturated carbocycles. The Labute approximate surface area is 114 Å². The fourth-order valence-electron chi connectivity index (χ4n) is 1.49. The molecule has 1 rings (SSSR count). The molecular formula is C15H23NO3. The van der Waals surface area contributed by atoms with Crippen molar-refractivity contribution in [2.24, 2.45) is 5.92 Å². The first-order valence-electron chi connectivity index (χ1n) is 6.63. The van der Waals surface area contributed by atoms with Gasteiger partial charge in [0.1, 0.15) is 5.75 Å². The number of ether oxygens (including phenoxy) is 1. The molecule has 1 aromatic rings. The van der Waals surface area contributed by atoms with Crippen LogP contribution in [0.2, 0.25) is 0 Å². The molecule has 0 aromatic heterocycles. The first-order valence-corrected chi connectivity index (χ1v) is 6.63. The number of amides is 1. The molecular weight excluding hydrogens is 242 g/mol. The minimum Gasteiger partial charge on any atom is -0.491 e. The van der Waals surface area contributed by atoms with Crippen LogP contribution in [-0.2, 0) is 0 Å². The molecule has 1 amide bonds. The summed E-state index contributed by atoms with van der Waals surface area (Å²) in [5.41, 5.74) is 0.562. The van der Waals surface area contributed by atoms with E-state index < -0.39 is 6.10 Å². The van der Waals surface area contributed by atoms with E-state index in [0.717, 1.165) is 5.75 Å². The Kier molecular flexibility index (Phi) is 5.83. The van der Waals surface area contributed by atoms with Crippen LogP contribution in [-0.4, -0.2) is 29.8 Å². The first kappa shape index (κ1) is 15.5. The SMILES string of the molecule is CC(C)Oc1ccc(C(=O)NCC(O)C(C)C)cc1. The Balaban J connectivity index is 2.53. The predicted molar refractivity (Wildman–Crippen MR) is 75.4 cm³/mol. The highest BCUT2D eigenvalue weighted by Crippen LogP contribution is 2.13. The van der Waals surface area contributed by atoms with Crippen LogP contribution in [0, 0.1) is 5.92 Å². The van der Waals surface area contributed by atoms with Gasteiger partial charge in [-0.1, -0.05) is 13.8 Å². The van der Waals surface area contributed by atoms with Gasteiger partial charge in [0.05, 0.1) is 12.2 Å². The van der Waals surface area contributed by atoms with Gasteiger partial charge in [0.15, 0.2) is 0 Å². The third-order valence-corrected chi connectivity index (χ3v) is 2.73. The minimum atomic E-state index is -0.521. The second-order valence-electron chi connectivity index (χ2n) is 5.21. The second kappa shape index (κ2) is 7.14. The molecule has 0 aliphatic rings. The summed E-state index contributed by atoms with van der Waals surface area (Å²) >= 11 is 0. The second-order valence-corrected chi connectivity index (χ2v) is 5.21. The van der Waals surface area contributed by atoms with Crippen LogP contribution in [0.3, 0.4) is 0 Å². The highest BCUT2D eigenvalue weighted by molar-refractivity contribution is 5.94. The zero-order chi connectivity index (χ0) is 14.4. The molecule has 0 spiro atoms. The van der Waals surface area contributed by atoms with Gasteiger partial charge in [0, 0.05) is 12.1 Å². The van der Waals surface area contributed by atoms with Gasteiger partial charge < -0.3 is 15.2 Å². The molecule has 0 heterocycles. The quantitative estimate of drug-likeness (QED) is 0.829. The smallest absolute Gasteiger partial charge is 0.251 e. The van der Waals surface area contributed by atoms with E-state index in [1.165, 1.54) is 0 Å². The average Bonchev–Trinajstić information content (AvgIpc) is 2.35. The molecule has 1 aromatic carbocycles. The number of hydrogen-bond acceptors (Lipinski definition) is 3. The minimum absolute atomic E-state index is 0.112. The number of nitrogens with one attached hydrogen (secondary N) is 1. The summed E-state index contributed by atoms with van der Waals surface area (Å²) in [7, 11) is 0. The van der Waals surface area contributed by atoms with Crippen LogP contribution >= 0.6 is 0 Å². The molecule has 0 aliphatic heterocycles. The van der Waals surface area contributed by atoms with Crippen LogP contribution in [0.4, 0.5) is 0 Å². The van der Waals surface area contributed by atoms with Crippen molar-refractivity contribution in [3.63, 3.8) is 0 Å². The summed E-state index contributed by atoms with van der Waals surface area (Å²) in [5.74, 6) is 0.687. The predicted octanol–water partition coefficient (Wildman–Crippen LogP) is 2.22. The van der Waals surface area contributed by atoms with Crippen molar-refractivity contribution >= 4 is 5.91 Å². The molecule has 0 fully saturated rings. The highest BCUT2D eigenvalue weighted by atomic mass is 16.5. The molecule has 106 valence electrons. The van der Waals surface area contributed by atoms with Crippen LogP contribution in [0.15, 0.2) is 24.3 Å². The average molecular weight is 265 g/mol. The largest absolute Gasteiger partial charge is 0.491 e. The molecule has 2 N–H and O–H groups in total.